The normalized spacial score (nSPS) is 9.09. The second kappa shape index (κ2) is 2.82. The smallest absolute Gasteiger partial charge is 0.345 e. The van der Waals surface area contributed by atoms with Crippen LogP contribution in [0.2, 0.25) is 0 Å². The van der Waals surface area contributed by atoms with Crippen molar-refractivity contribution in [2.75, 3.05) is 5.32 Å². The van der Waals surface area contributed by atoms with E-state index >= 15 is 0 Å². The van der Waals surface area contributed by atoms with Crippen LogP contribution < -0.4 is 16.7 Å². The number of nitrogens with one attached hydrogen (secondary N) is 2. The highest BCUT2D eigenvalue weighted by atomic mass is 16.2. The molecule has 6 heteroatoms. The Balaban J connectivity index is 2.82. The molecule has 0 aromatic carbocycles. The Morgan fingerprint density at radius 2 is 2.45 bits per heavy atom. The van der Waals surface area contributed by atoms with E-state index < -0.39 is 11.7 Å². The monoisotopic (exact) mass is 154 g/mol. The Kier molecular flexibility index (Phi) is 1.86. The lowest BCUT2D eigenvalue weighted by Gasteiger charge is -1.96. The first-order chi connectivity index (χ1) is 5.18. The molecule has 11 heavy (non-hydrogen) atoms. The summed E-state index contributed by atoms with van der Waals surface area (Å²) >= 11 is 0. The number of amides is 2. The molecular formula is C5H6N4O2. The van der Waals surface area contributed by atoms with Crippen molar-refractivity contribution < 1.29 is 4.79 Å². The molecule has 0 saturated carbocycles. The van der Waals surface area contributed by atoms with Crippen LogP contribution >= 0.6 is 0 Å². The minimum Gasteiger partial charge on any atom is -0.351 e. The molecular weight excluding hydrogens is 148 g/mol. The lowest BCUT2D eigenvalue weighted by molar-refractivity contribution is 0.259. The number of carbonyl (C=O) groups excluding carboxylic acids is 1. The van der Waals surface area contributed by atoms with Gasteiger partial charge in [0.2, 0.25) is 0 Å². The van der Waals surface area contributed by atoms with Gasteiger partial charge in [-0.05, 0) is 0 Å². The molecule has 0 radical (unpaired) electrons. The van der Waals surface area contributed by atoms with Gasteiger partial charge in [-0.25, -0.2) is 9.59 Å². The van der Waals surface area contributed by atoms with Gasteiger partial charge in [0.15, 0.2) is 0 Å². The van der Waals surface area contributed by atoms with E-state index in [0.717, 1.165) is 0 Å². The van der Waals surface area contributed by atoms with Gasteiger partial charge in [-0.2, -0.15) is 4.98 Å². The summed E-state index contributed by atoms with van der Waals surface area (Å²) in [5, 5.41) is 2.24. The fraction of sp³-hybridized carbons (Fsp3) is 0. The Morgan fingerprint density at radius 3 is 2.91 bits per heavy atom. The number of H-pyrrole nitrogens is 1. The van der Waals surface area contributed by atoms with Crippen molar-refractivity contribution in [2.24, 2.45) is 5.73 Å². The van der Waals surface area contributed by atoms with Gasteiger partial charge in [0, 0.05) is 6.20 Å². The third-order valence-electron chi connectivity index (χ3n) is 0.940. The number of nitrogens with zero attached hydrogens (tertiary/aromatic N) is 1. The lowest BCUT2D eigenvalue weighted by atomic mass is 10.5. The predicted octanol–water partition coefficient (Wildman–Crippen LogP) is -0.739. The van der Waals surface area contributed by atoms with Crippen LogP contribution in [-0.4, -0.2) is 16.0 Å². The third kappa shape index (κ3) is 2.09. The number of hydrogen-bond acceptors (Lipinski definition) is 3. The maximum atomic E-state index is 10.4. The largest absolute Gasteiger partial charge is 0.351 e. The van der Waals surface area contributed by atoms with Crippen molar-refractivity contribution in [3.63, 3.8) is 0 Å². The van der Waals surface area contributed by atoms with Crippen molar-refractivity contribution in [1.29, 1.82) is 0 Å². The molecule has 0 aliphatic heterocycles. The molecule has 1 aromatic rings. The third-order valence-corrected chi connectivity index (χ3v) is 0.940. The summed E-state index contributed by atoms with van der Waals surface area (Å²) in [7, 11) is 0. The highest BCUT2D eigenvalue weighted by Gasteiger charge is 1.94. The van der Waals surface area contributed by atoms with Crippen LogP contribution in [0.1, 0.15) is 0 Å². The summed E-state index contributed by atoms with van der Waals surface area (Å²) in [5.74, 6) is 0. The summed E-state index contributed by atoms with van der Waals surface area (Å²) in [6, 6.07) is -0.696. The van der Waals surface area contributed by atoms with Gasteiger partial charge in [0.05, 0.1) is 11.9 Å². The molecule has 1 rings (SSSR count). The summed E-state index contributed by atoms with van der Waals surface area (Å²) < 4.78 is 0. The van der Waals surface area contributed by atoms with Crippen molar-refractivity contribution in [2.45, 2.75) is 0 Å². The van der Waals surface area contributed by atoms with Crippen molar-refractivity contribution >= 4 is 11.7 Å². The van der Waals surface area contributed by atoms with E-state index in [-0.39, 0.29) is 0 Å². The van der Waals surface area contributed by atoms with Crippen molar-refractivity contribution in [3.8, 4) is 0 Å². The highest BCUT2D eigenvalue weighted by Crippen LogP contribution is 1.96. The van der Waals surface area contributed by atoms with Gasteiger partial charge in [-0.3, -0.25) is 0 Å². The highest BCUT2D eigenvalue weighted by molar-refractivity contribution is 5.87. The second-order valence-corrected chi connectivity index (χ2v) is 1.80. The summed E-state index contributed by atoms with van der Waals surface area (Å²) in [6.07, 6.45) is 2.52. The molecule has 58 valence electrons. The van der Waals surface area contributed by atoms with Crippen molar-refractivity contribution in [1.82, 2.24) is 9.97 Å². The number of carbonyl (C=O) groups is 1. The first kappa shape index (κ1) is 7.26. The average Bonchev–Trinajstić information content (AvgIpc) is 1.93. The number of anilines is 1. The average molecular weight is 154 g/mol. The van der Waals surface area contributed by atoms with Gasteiger partial charge in [0.1, 0.15) is 0 Å². The topological polar surface area (TPSA) is 101 Å². The molecule has 4 N–H and O–H groups in total. The summed E-state index contributed by atoms with van der Waals surface area (Å²) in [5.41, 5.74) is 4.68. The van der Waals surface area contributed by atoms with Gasteiger partial charge in [0.25, 0.3) is 0 Å². The fourth-order valence-corrected chi connectivity index (χ4v) is 0.553. The first-order valence-electron chi connectivity index (χ1n) is 2.79. The van der Waals surface area contributed by atoms with Crippen LogP contribution in [0, 0.1) is 0 Å². The molecule has 0 saturated heterocycles. The van der Waals surface area contributed by atoms with Gasteiger partial charge in [-0.15, -0.1) is 0 Å². The zero-order valence-electron chi connectivity index (χ0n) is 5.50. The van der Waals surface area contributed by atoms with E-state index in [2.05, 4.69) is 15.3 Å². The number of aromatic nitrogens is 2. The minimum absolute atomic E-state index is 0.358. The zero-order valence-corrected chi connectivity index (χ0v) is 5.50. The predicted molar refractivity (Wildman–Crippen MR) is 38.1 cm³/mol. The molecule has 1 aromatic heterocycles. The molecule has 0 aliphatic rings. The van der Waals surface area contributed by atoms with Gasteiger partial charge < -0.3 is 16.0 Å². The van der Waals surface area contributed by atoms with E-state index in [1.165, 1.54) is 12.4 Å². The maximum Gasteiger partial charge on any atom is 0.345 e. The van der Waals surface area contributed by atoms with Crippen LogP contribution in [0.3, 0.4) is 0 Å². The Morgan fingerprint density at radius 1 is 1.73 bits per heavy atom. The van der Waals surface area contributed by atoms with E-state index in [0.29, 0.717) is 5.69 Å². The molecule has 0 aliphatic carbocycles. The second-order valence-electron chi connectivity index (χ2n) is 1.80. The van der Waals surface area contributed by atoms with E-state index in [9.17, 15) is 9.59 Å². The van der Waals surface area contributed by atoms with Crippen LogP contribution in [0.25, 0.3) is 0 Å². The zero-order chi connectivity index (χ0) is 8.27. The van der Waals surface area contributed by atoms with E-state index in [4.69, 9.17) is 5.73 Å². The van der Waals surface area contributed by atoms with Crippen molar-refractivity contribution in [3.05, 3.63) is 22.9 Å². The fourth-order valence-electron chi connectivity index (χ4n) is 0.553. The molecule has 0 spiro atoms. The summed E-state index contributed by atoms with van der Waals surface area (Å²) in [4.78, 5) is 26.3. The van der Waals surface area contributed by atoms with Crippen LogP contribution in [-0.2, 0) is 0 Å². The molecule has 0 atom stereocenters. The SMILES string of the molecule is NC(=O)Nc1cnc(=O)[nH]c1. The molecule has 0 fully saturated rings. The summed E-state index contributed by atoms with van der Waals surface area (Å²) in [6.45, 7) is 0. The standard InChI is InChI=1S/C5H6N4O2/c6-4(10)9-3-1-7-5(11)8-2-3/h1-2H,(H3,6,9,10)(H,7,8,11). The van der Waals surface area contributed by atoms with Gasteiger partial charge >= 0.3 is 11.7 Å². The van der Waals surface area contributed by atoms with Gasteiger partial charge in [-0.1, -0.05) is 0 Å². The maximum absolute atomic E-state index is 10.4. The number of nitrogens with two attached hydrogens (primary N) is 1. The number of primary amides is 1. The molecule has 0 unspecified atom stereocenters. The molecule has 0 bridgehead atoms. The molecule has 2 amide bonds. The number of rotatable bonds is 1. The number of urea groups is 1. The molecule has 6 nitrogen and oxygen atoms in total. The quantitative estimate of drug-likeness (QED) is 0.496. The van der Waals surface area contributed by atoms with E-state index in [1.54, 1.807) is 0 Å². The minimum atomic E-state index is -0.696. The molecule has 1 heterocycles. The first-order valence-corrected chi connectivity index (χ1v) is 2.79. The Labute approximate surface area is 61.4 Å². The number of hydrogen-bond donors (Lipinski definition) is 3. The van der Waals surface area contributed by atoms with Crippen LogP contribution in [0.15, 0.2) is 17.2 Å². The number of aromatic amines is 1. The van der Waals surface area contributed by atoms with Crippen LogP contribution in [0.4, 0.5) is 10.5 Å². The van der Waals surface area contributed by atoms with Crippen LogP contribution in [0.5, 0.6) is 0 Å². The lowest BCUT2D eigenvalue weighted by Crippen LogP contribution is -2.20. The Hall–Kier alpha value is -1.85. The van der Waals surface area contributed by atoms with E-state index in [1.807, 2.05) is 0 Å². The Bertz CT molecular complexity index is 298.